The first-order valence-electron chi connectivity index (χ1n) is 10.2. The number of phenols is 2. The van der Waals surface area contributed by atoms with Gasteiger partial charge >= 0.3 is 0 Å². The van der Waals surface area contributed by atoms with Crippen LogP contribution in [-0.2, 0) is 6.42 Å². The van der Waals surface area contributed by atoms with E-state index in [0.717, 1.165) is 44.1 Å². The Morgan fingerprint density at radius 1 is 1.07 bits per heavy atom. The summed E-state index contributed by atoms with van der Waals surface area (Å²) in [4.78, 5) is 2.64. The van der Waals surface area contributed by atoms with Crippen molar-refractivity contribution < 1.29 is 14.9 Å². The van der Waals surface area contributed by atoms with Crippen molar-refractivity contribution in [3.63, 3.8) is 0 Å². The molecule has 0 bridgehead atoms. The van der Waals surface area contributed by atoms with Gasteiger partial charge in [-0.3, -0.25) is 0 Å². The number of nitrogens with zero attached hydrogens (tertiary/aromatic N) is 3. The summed E-state index contributed by atoms with van der Waals surface area (Å²) < 4.78 is 5.37. The van der Waals surface area contributed by atoms with Crippen molar-refractivity contribution in [2.24, 2.45) is 5.11 Å². The van der Waals surface area contributed by atoms with Crippen LogP contribution in [0.2, 0.25) is 0 Å². The number of aromatic hydroxyl groups is 2. The standard InChI is InChI=1S/C23H33N3O3/c1-3-4-5-6-7-8-9-10-11-12-13-14-15-16-20-19(2)22(29-18-25-26-24)17-21(27)23(20)28/h3,5-6,8-9,17,27-28H,1,4,7,10-16,18H2,2H3/b6-5-,9-8-. The van der Waals surface area contributed by atoms with Gasteiger partial charge in [-0.05, 0) is 56.5 Å². The number of rotatable bonds is 15. The van der Waals surface area contributed by atoms with E-state index >= 15 is 0 Å². The van der Waals surface area contributed by atoms with Crippen LogP contribution in [0.1, 0.15) is 62.5 Å². The Hall–Kier alpha value is -2.85. The summed E-state index contributed by atoms with van der Waals surface area (Å²) >= 11 is 0. The molecule has 0 aliphatic heterocycles. The van der Waals surface area contributed by atoms with Gasteiger partial charge in [0.1, 0.15) is 5.75 Å². The average Bonchev–Trinajstić information content (AvgIpc) is 2.71. The van der Waals surface area contributed by atoms with Crippen LogP contribution in [0.15, 0.2) is 48.1 Å². The van der Waals surface area contributed by atoms with Crippen molar-refractivity contribution >= 4 is 0 Å². The molecular formula is C23H33N3O3. The lowest BCUT2D eigenvalue weighted by Crippen LogP contribution is -1.99. The number of ether oxygens (including phenoxy) is 1. The molecule has 6 heteroatoms. The summed E-state index contributed by atoms with van der Waals surface area (Å²) in [5, 5.41) is 23.4. The predicted molar refractivity (Wildman–Crippen MR) is 118 cm³/mol. The van der Waals surface area contributed by atoms with Crippen LogP contribution in [0.4, 0.5) is 0 Å². The summed E-state index contributed by atoms with van der Waals surface area (Å²) in [6.07, 6.45) is 19.8. The number of hydrogen-bond donors (Lipinski definition) is 2. The minimum Gasteiger partial charge on any atom is -0.504 e. The molecular weight excluding hydrogens is 366 g/mol. The molecule has 29 heavy (non-hydrogen) atoms. The molecule has 158 valence electrons. The maximum atomic E-state index is 10.2. The SMILES string of the molecule is C=CC/C=C\C/C=C\CCCCCCCc1c(C)c(OCN=[N+]=[N-])cc(O)c1O. The molecule has 0 aromatic heterocycles. The zero-order valence-electron chi connectivity index (χ0n) is 17.4. The van der Waals surface area contributed by atoms with Crippen LogP contribution >= 0.6 is 0 Å². The highest BCUT2D eigenvalue weighted by atomic mass is 16.5. The molecule has 2 N–H and O–H groups in total. The van der Waals surface area contributed by atoms with Gasteiger partial charge in [-0.15, -0.1) is 6.58 Å². The number of unbranched alkanes of at least 4 members (excludes halogenated alkanes) is 5. The Morgan fingerprint density at radius 3 is 2.52 bits per heavy atom. The molecule has 6 nitrogen and oxygen atoms in total. The Bertz CT molecular complexity index is 735. The van der Waals surface area contributed by atoms with Gasteiger partial charge in [-0.2, -0.15) is 0 Å². The summed E-state index contributed by atoms with van der Waals surface area (Å²) in [5.74, 6) is 0.118. The van der Waals surface area contributed by atoms with Gasteiger partial charge in [-0.25, -0.2) is 0 Å². The first-order valence-corrected chi connectivity index (χ1v) is 10.2. The third-order valence-corrected chi connectivity index (χ3v) is 4.67. The van der Waals surface area contributed by atoms with Crippen LogP contribution in [0.3, 0.4) is 0 Å². The van der Waals surface area contributed by atoms with E-state index in [0.29, 0.717) is 17.7 Å². The summed E-state index contributed by atoms with van der Waals surface area (Å²) in [7, 11) is 0. The van der Waals surface area contributed by atoms with Gasteiger partial charge in [-0.1, -0.05) is 54.8 Å². The van der Waals surface area contributed by atoms with Crippen LogP contribution in [0, 0.1) is 6.92 Å². The first-order chi connectivity index (χ1) is 14.1. The molecule has 0 heterocycles. The van der Waals surface area contributed by atoms with Crippen LogP contribution in [0.25, 0.3) is 10.4 Å². The molecule has 0 aliphatic rings. The zero-order chi connectivity index (χ0) is 21.3. The number of phenolic OH excluding ortho intramolecular Hbond substituents is 2. The molecule has 1 rings (SSSR count). The van der Waals surface area contributed by atoms with Gasteiger partial charge in [0.15, 0.2) is 18.2 Å². The largest absolute Gasteiger partial charge is 0.504 e. The van der Waals surface area contributed by atoms with Gasteiger partial charge in [0.25, 0.3) is 0 Å². The minimum absolute atomic E-state index is 0.0917. The normalized spacial score (nSPS) is 11.1. The van der Waals surface area contributed by atoms with E-state index < -0.39 is 0 Å². The van der Waals surface area contributed by atoms with Gasteiger partial charge in [0.2, 0.25) is 0 Å². The quantitative estimate of drug-likeness (QED) is 0.0828. The first kappa shape index (κ1) is 24.2. The van der Waals surface area contributed by atoms with Crippen molar-refractivity contribution in [3.8, 4) is 17.2 Å². The Kier molecular flexibility index (Phi) is 12.6. The molecule has 0 amide bonds. The molecule has 1 aromatic rings. The van der Waals surface area contributed by atoms with Gasteiger partial charge < -0.3 is 14.9 Å². The molecule has 0 unspecified atom stereocenters. The van der Waals surface area contributed by atoms with Crippen LogP contribution in [0.5, 0.6) is 17.2 Å². The van der Waals surface area contributed by atoms with E-state index in [4.69, 9.17) is 10.3 Å². The fourth-order valence-electron chi connectivity index (χ4n) is 3.04. The number of allylic oxidation sites excluding steroid dienone is 5. The van der Waals surface area contributed by atoms with Crippen molar-refractivity contribution in [2.45, 2.75) is 64.7 Å². The molecule has 0 saturated carbocycles. The van der Waals surface area contributed by atoms with Gasteiger partial charge in [0, 0.05) is 16.5 Å². The second kappa shape index (κ2) is 15.1. The topological polar surface area (TPSA) is 98.5 Å². The Morgan fingerprint density at radius 2 is 1.76 bits per heavy atom. The average molecular weight is 400 g/mol. The minimum atomic E-state index is -0.215. The lowest BCUT2D eigenvalue weighted by molar-refractivity contribution is 0.321. The fraction of sp³-hybridized carbons (Fsp3) is 0.478. The third kappa shape index (κ3) is 9.77. The molecule has 0 aliphatic carbocycles. The van der Waals surface area contributed by atoms with Crippen molar-refractivity contribution in [2.75, 3.05) is 6.73 Å². The zero-order valence-corrected chi connectivity index (χ0v) is 17.4. The van der Waals surface area contributed by atoms with Crippen molar-refractivity contribution in [3.05, 3.63) is 64.6 Å². The second-order valence-electron chi connectivity index (χ2n) is 6.86. The van der Waals surface area contributed by atoms with E-state index in [1.165, 1.54) is 18.9 Å². The smallest absolute Gasteiger partial charge is 0.167 e. The highest BCUT2D eigenvalue weighted by Crippen LogP contribution is 2.38. The Balaban J connectivity index is 2.31. The molecule has 0 fully saturated rings. The fourth-order valence-corrected chi connectivity index (χ4v) is 3.04. The van der Waals surface area contributed by atoms with Crippen LogP contribution < -0.4 is 4.74 Å². The summed E-state index contributed by atoms with van der Waals surface area (Å²) in [5.41, 5.74) is 9.79. The monoisotopic (exact) mass is 399 g/mol. The lowest BCUT2D eigenvalue weighted by atomic mass is 9.99. The maximum absolute atomic E-state index is 10.2. The van der Waals surface area contributed by atoms with E-state index in [2.05, 4.69) is 40.9 Å². The molecule has 0 saturated heterocycles. The Labute approximate surface area is 173 Å². The number of benzene rings is 1. The summed E-state index contributed by atoms with van der Waals surface area (Å²) in [6, 6.07) is 1.35. The second-order valence-corrected chi connectivity index (χ2v) is 6.86. The maximum Gasteiger partial charge on any atom is 0.167 e. The lowest BCUT2D eigenvalue weighted by Gasteiger charge is -2.14. The third-order valence-electron chi connectivity index (χ3n) is 4.67. The number of hydrogen-bond acceptors (Lipinski definition) is 4. The predicted octanol–water partition coefficient (Wildman–Crippen LogP) is 7.01. The highest BCUT2D eigenvalue weighted by Gasteiger charge is 2.15. The molecule has 0 spiro atoms. The highest BCUT2D eigenvalue weighted by molar-refractivity contribution is 5.55. The molecule has 1 aromatic carbocycles. The van der Waals surface area contributed by atoms with Crippen molar-refractivity contribution in [1.29, 1.82) is 0 Å². The number of azide groups is 1. The summed E-state index contributed by atoms with van der Waals surface area (Å²) in [6.45, 7) is 5.36. The van der Waals surface area contributed by atoms with Crippen LogP contribution in [-0.4, -0.2) is 16.9 Å². The van der Waals surface area contributed by atoms with Gasteiger partial charge in [0.05, 0.1) is 0 Å². The van der Waals surface area contributed by atoms with E-state index in [9.17, 15) is 10.2 Å². The molecule has 0 atom stereocenters. The molecule has 0 radical (unpaired) electrons. The van der Waals surface area contributed by atoms with E-state index in [1.807, 2.05) is 13.0 Å². The van der Waals surface area contributed by atoms with E-state index in [1.54, 1.807) is 0 Å². The van der Waals surface area contributed by atoms with Crippen molar-refractivity contribution in [1.82, 2.24) is 0 Å². The van der Waals surface area contributed by atoms with E-state index in [-0.39, 0.29) is 18.2 Å².